The molecule has 1 fully saturated rings. The molecule has 0 unspecified atom stereocenters. The normalized spacial score (nSPS) is 13.9. The number of aromatic nitrogens is 5. The molecule has 0 atom stereocenters. The molecule has 1 saturated carbocycles. The fourth-order valence-electron chi connectivity index (χ4n) is 2.80. The predicted molar refractivity (Wildman–Crippen MR) is 101 cm³/mol. The molecule has 10 heteroatoms. The maximum absolute atomic E-state index is 12.5. The highest BCUT2D eigenvalue weighted by Crippen LogP contribution is 2.35. The monoisotopic (exact) mass is 434 g/mol. The Hall–Kier alpha value is -2.33. The molecule has 4 rings (SSSR count). The quantitative estimate of drug-likeness (QED) is 0.598. The lowest BCUT2D eigenvalue weighted by Gasteiger charge is -2.09. The highest BCUT2D eigenvalue weighted by molar-refractivity contribution is 9.10. The van der Waals surface area contributed by atoms with Gasteiger partial charge < -0.3 is 5.32 Å². The third-order valence-electron chi connectivity index (χ3n) is 4.23. The van der Waals surface area contributed by atoms with Gasteiger partial charge in [-0.3, -0.25) is 23.8 Å². The Morgan fingerprint density at radius 1 is 1.42 bits per heavy atom. The first kappa shape index (κ1) is 17.1. The number of halogens is 1. The number of aromatic amines is 1. The van der Waals surface area contributed by atoms with Crippen LogP contribution in [-0.2, 0) is 17.9 Å². The Morgan fingerprint density at radius 2 is 2.23 bits per heavy atom. The lowest BCUT2D eigenvalue weighted by atomic mass is 10.2. The number of carbonyl (C=O) groups excluding carboxylic acids is 1. The molecule has 8 nitrogen and oxygen atoms in total. The fraction of sp³-hybridized carbons (Fsp3) is 0.312. The van der Waals surface area contributed by atoms with Crippen molar-refractivity contribution >= 4 is 45.0 Å². The van der Waals surface area contributed by atoms with E-state index in [2.05, 4.69) is 36.4 Å². The molecule has 0 spiro atoms. The van der Waals surface area contributed by atoms with Crippen molar-refractivity contribution in [2.24, 2.45) is 0 Å². The summed E-state index contributed by atoms with van der Waals surface area (Å²) in [5.74, 6) is 0.401. The van der Waals surface area contributed by atoms with Crippen molar-refractivity contribution in [3.05, 3.63) is 49.9 Å². The lowest BCUT2D eigenvalue weighted by molar-refractivity contribution is -0.121. The minimum absolute atomic E-state index is 0.108. The number of benzene rings is 1. The first-order chi connectivity index (χ1) is 12.5. The summed E-state index contributed by atoms with van der Waals surface area (Å²) in [7, 11) is 0. The van der Waals surface area contributed by atoms with Crippen LogP contribution in [0, 0.1) is 4.77 Å². The molecule has 0 saturated heterocycles. The molecule has 0 bridgehead atoms. The zero-order valence-corrected chi connectivity index (χ0v) is 16.0. The number of hydrogen-bond donors (Lipinski definition) is 2. The van der Waals surface area contributed by atoms with E-state index in [1.807, 2.05) is 10.6 Å². The van der Waals surface area contributed by atoms with Gasteiger partial charge in [0, 0.05) is 10.5 Å². The Balaban J connectivity index is 1.49. The molecule has 1 aliphatic rings. The molecule has 3 aromatic rings. The zero-order chi connectivity index (χ0) is 18.3. The van der Waals surface area contributed by atoms with Gasteiger partial charge in [0.05, 0.1) is 23.8 Å². The third-order valence-corrected chi connectivity index (χ3v) is 5.01. The highest BCUT2D eigenvalue weighted by Gasteiger charge is 2.27. The number of rotatable bonds is 5. The summed E-state index contributed by atoms with van der Waals surface area (Å²) in [6.45, 7) is 0.145. The van der Waals surface area contributed by atoms with Gasteiger partial charge in [-0.05, 0) is 43.3 Å². The van der Waals surface area contributed by atoms with Crippen molar-refractivity contribution in [2.45, 2.75) is 32.0 Å². The number of nitrogens with one attached hydrogen (secondary N) is 2. The number of nitrogens with zero attached hydrogens (tertiary/aromatic N) is 4. The van der Waals surface area contributed by atoms with Crippen LogP contribution in [0.3, 0.4) is 0 Å². The van der Waals surface area contributed by atoms with Crippen molar-refractivity contribution < 1.29 is 4.79 Å². The third kappa shape index (κ3) is 3.34. The van der Waals surface area contributed by atoms with Crippen molar-refractivity contribution in [3.8, 4) is 0 Å². The average molecular weight is 435 g/mol. The molecule has 134 valence electrons. The molecule has 0 radical (unpaired) electrons. The van der Waals surface area contributed by atoms with E-state index in [0.717, 1.165) is 17.3 Å². The molecule has 2 N–H and O–H groups in total. The molecule has 1 amide bonds. The van der Waals surface area contributed by atoms with Gasteiger partial charge in [0.1, 0.15) is 6.54 Å². The lowest BCUT2D eigenvalue weighted by Crippen LogP contribution is -2.32. The Kier molecular flexibility index (Phi) is 4.45. The van der Waals surface area contributed by atoms with E-state index >= 15 is 0 Å². The van der Waals surface area contributed by atoms with E-state index in [0.29, 0.717) is 27.5 Å². The summed E-state index contributed by atoms with van der Waals surface area (Å²) < 4.78 is 4.59. The first-order valence-electron chi connectivity index (χ1n) is 8.10. The zero-order valence-electron chi connectivity index (χ0n) is 13.6. The number of carbonyl (C=O) groups is 1. The topological polar surface area (TPSA) is 97.6 Å². The minimum atomic E-state index is -0.292. The molecule has 1 aromatic carbocycles. The van der Waals surface area contributed by atoms with Crippen molar-refractivity contribution in [2.75, 3.05) is 0 Å². The summed E-state index contributed by atoms with van der Waals surface area (Å²) >= 11 is 8.56. The molecule has 2 heterocycles. The molecule has 0 aliphatic heterocycles. The smallest absolute Gasteiger partial charge is 0.261 e. The Labute approximate surface area is 161 Å². The second-order valence-corrected chi connectivity index (χ2v) is 7.46. The SMILES string of the molecule is O=C(Cn1cnc2ccc(Br)cc2c1=O)NCc1n[nH]c(=S)n1C1CC1. The largest absolute Gasteiger partial charge is 0.347 e. The number of H-pyrrole nitrogens is 1. The molecular weight excluding hydrogens is 420 g/mol. The van der Waals surface area contributed by atoms with Crippen LogP contribution in [0.1, 0.15) is 24.7 Å². The van der Waals surface area contributed by atoms with E-state index in [1.54, 1.807) is 12.1 Å². The van der Waals surface area contributed by atoms with E-state index in [9.17, 15) is 9.59 Å². The van der Waals surface area contributed by atoms with Crippen LogP contribution >= 0.6 is 28.1 Å². The van der Waals surface area contributed by atoms with E-state index in [4.69, 9.17) is 12.2 Å². The van der Waals surface area contributed by atoms with Crippen LogP contribution in [0.2, 0.25) is 0 Å². The molecular formula is C16H15BrN6O2S. The summed E-state index contributed by atoms with van der Waals surface area (Å²) in [6.07, 6.45) is 3.53. The Morgan fingerprint density at radius 3 is 3.00 bits per heavy atom. The van der Waals surface area contributed by atoms with Crippen molar-refractivity contribution in [3.63, 3.8) is 0 Å². The van der Waals surface area contributed by atoms with E-state index in [-0.39, 0.29) is 24.6 Å². The van der Waals surface area contributed by atoms with Crippen LogP contribution < -0.4 is 10.9 Å². The van der Waals surface area contributed by atoms with Gasteiger partial charge in [0.15, 0.2) is 10.6 Å². The number of amides is 1. The van der Waals surface area contributed by atoms with Crippen LogP contribution in [0.5, 0.6) is 0 Å². The maximum Gasteiger partial charge on any atom is 0.261 e. The molecule has 1 aliphatic carbocycles. The van der Waals surface area contributed by atoms with Crippen molar-refractivity contribution in [1.82, 2.24) is 29.6 Å². The maximum atomic E-state index is 12.5. The average Bonchev–Trinajstić information content (AvgIpc) is 3.39. The summed E-state index contributed by atoms with van der Waals surface area (Å²) in [4.78, 5) is 29.0. The van der Waals surface area contributed by atoms with Gasteiger partial charge in [-0.1, -0.05) is 15.9 Å². The fourth-order valence-corrected chi connectivity index (χ4v) is 3.46. The highest BCUT2D eigenvalue weighted by atomic mass is 79.9. The summed E-state index contributed by atoms with van der Waals surface area (Å²) in [6, 6.07) is 5.65. The van der Waals surface area contributed by atoms with Gasteiger partial charge >= 0.3 is 0 Å². The second-order valence-electron chi connectivity index (χ2n) is 6.16. The molecule has 26 heavy (non-hydrogen) atoms. The summed E-state index contributed by atoms with van der Waals surface area (Å²) in [5.41, 5.74) is 0.335. The van der Waals surface area contributed by atoms with Crippen LogP contribution in [0.25, 0.3) is 10.9 Å². The number of hydrogen-bond acceptors (Lipinski definition) is 5. The van der Waals surface area contributed by atoms with Gasteiger partial charge in [0.2, 0.25) is 5.91 Å². The summed E-state index contributed by atoms with van der Waals surface area (Å²) in [5, 5.41) is 10.2. The van der Waals surface area contributed by atoms with Crippen LogP contribution in [-0.4, -0.2) is 30.2 Å². The van der Waals surface area contributed by atoms with Gasteiger partial charge in [-0.2, -0.15) is 5.10 Å². The first-order valence-corrected chi connectivity index (χ1v) is 9.30. The Bertz CT molecular complexity index is 1110. The molecule has 2 aromatic heterocycles. The van der Waals surface area contributed by atoms with Crippen LogP contribution in [0.15, 0.2) is 33.8 Å². The number of fused-ring (bicyclic) bond motifs is 1. The van der Waals surface area contributed by atoms with Gasteiger partial charge in [-0.25, -0.2) is 4.98 Å². The van der Waals surface area contributed by atoms with E-state index in [1.165, 1.54) is 10.9 Å². The van der Waals surface area contributed by atoms with Crippen molar-refractivity contribution in [1.29, 1.82) is 0 Å². The second kappa shape index (κ2) is 6.76. The minimum Gasteiger partial charge on any atom is -0.347 e. The standard InChI is InChI=1S/C16H15BrN6O2S/c17-9-1-4-12-11(5-9)15(25)22(8-19-12)7-14(24)18-6-13-20-21-16(26)23(13)10-2-3-10/h1,4-5,8,10H,2-3,6-7H2,(H,18,24)(H,21,26). The van der Waals surface area contributed by atoms with E-state index < -0.39 is 0 Å². The van der Waals surface area contributed by atoms with Gasteiger partial charge in [-0.15, -0.1) is 0 Å². The van der Waals surface area contributed by atoms with Gasteiger partial charge in [0.25, 0.3) is 5.56 Å². The predicted octanol–water partition coefficient (Wildman–Crippen LogP) is 2.06. The van der Waals surface area contributed by atoms with Crippen LogP contribution in [0.4, 0.5) is 0 Å².